The molecule has 0 aliphatic carbocycles. The third kappa shape index (κ3) is 4.94. The molecule has 1 saturated heterocycles. The van der Waals surface area contributed by atoms with Crippen LogP contribution in [0, 0.1) is 0 Å². The van der Waals surface area contributed by atoms with Gasteiger partial charge in [-0.25, -0.2) is 0 Å². The molecule has 4 rings (SSSR count). The van der Waals surface area contributed by atoms with Crippen LogP contribution >= 0.6 is 11.3 Å². The van der Waals surface area contributed by atoms with Gasteiger partial charge in [-0.2, -0.15) is 13.2 Å². The molecule has 32 heavy (non-hydrogen) atoms. The van der Waals surface area contributed by atoms with E-state index in [4.69, 9.17) is 0 Å². The summed E-state index contributed by atoms with van der Waals surface area (Å²) in [5.41, 5.74) is 0.776. The second-order valence-corrected chi connectivity index (χ2v) is 8.29. The Morgan fingerprint density at radius 2 is 1.66 bits per heavy atom. The van der Waals surface area contributed by atoms with Crippen molar-refractivity contribution in [1.29, 1.82) is 0 Å². The van der Waals surface area contributed by atoms with Crippen LogP contribution in [0.5, 0.6) is 0 Å². The molecular weight excluding hydrogens is 439 g/mol. The second kappa shape index (κ2) is 9.04. The number of nitrogens with one attached hydrogen (secondary N) is 1. The maximum atomic E-state index is 13.0. The number of nitrogens with zero attached hydrogens (tertiary/aromatic N) is 2. The Morgan fingerprint density at radius 1 is 0.906 bits per heavy atom. The van der Waals surface area contributed by atoms with Gasteiger partial charge < -0.3 is 15.1 Å². The fraction of sp³-hybridized carbons (Fsp3) is 0.217. The van der Waals surface area contributed by atoms with E-state index < -0.39 is 11.7 Å². The highest BCUT2D eigenvalue weighted by atomic mass is 32.1. The first-order valence-electron chi connectivity index (χ1n) is 9.98. The van der Waals surface area contributed by atoms with E-state index >= 15 is 0 Å². The van der Waals surface area contributed by atoms with Crippen molar-refractivity contribution in [2.24, 2.45) is 0 Å². The topological polar surface area (TPSA) is 52.7 Å². The monoisotopic (exact) mass is 459 g/mol. The first-order chi connectivity index (χ1) is 15.3. The van der Waals surface area contributed by atoms with Crippen molar-refractivity contribution >= 4 is 34.5 Å². The Balaban J connectivity index is 1.39. The lowest BCUT2D eigenvalue weighted by atomic mass is 10.1. The van der Waals surface area contributed by atoms with E-state index in [9.17, 15) is 22.8 Å². The Morgan fingerprint density at radius 3 is 2.34 bits per heavy atom. The minimum absolute atomic E-state index is 0.180. The van der Waals surface area contributed by atoms with Crippen LogP contribution in [-0.2, 0) is 6.18 Å². The Hall–Kier alpha value is -3.33. The number of hydrogen-bond acceptors (Lipinski definition) is 4. The molecule has 9 heteroatoms. The Labute approximate surface area is 187 Å². The molecule has 0 bridgehead atoms. The number of rotatable bonds is 4. The largest absolute Gasteiger partial charge is 0.416 e. The molecule has 1 aliphatic rings. The molecule has 1 N–H and O–H groups in total. The molecule has 3 aromatic rings. The lowest BCUT2D eigenvalue weighted by Crippen LogP contribution is -2.48. The lowest BCUT2D eigenvalue weighted by Gasteiger charge is -2.36. The van der Waals surface area contributed by atoms with Crippen LogP contribution in [0.25, 0.3) is 0 Å². The minimum atomic E-state index is -4.39. The lowest BCUT2D eigenvalue weighted by molar-refractivity contribution is -0.137. The number of hydrogen-bond donors (Lipinski definition) is 1. The molecular formula is C23H20F3N3O2S. The van der Waals surface area contributed by atoms with E-state index in [1.165, 1.54) is 17.4 Å². The molecule has 0 unspecified atom stereocenters. The van der Waals surface area contributed by atoms with Crippen LogP contribution < -0.4 is 10.2 Å². The summed E-state index contributed by atoms with van der Waals surface area (Å²) >= 11 is 1.33. The summed E-state index contributed by atoms with van der Waals surface area (Å²) in [5.74, 6) is -0.416. The SMILES string of the molecule is O=C(Nc1cccc(C(=O)N2CCN(c3cccc(C(F)(F)F)c3)CC2)c1)c1cccs1. The zero-order chi connectivity index (χ0) is 22.7. The summed E-state index contributed by atoms with van der Waals surface area (Å²) in [6.07, 6.45) is -4.39. The molecule has 5 nitrogen and oxygen atoms in total. The highest BCUT2D eigenvalue weighted by Gasteiger charge is 2.31. The second-order valence-electron chi connectivity index (χ2n) is 7.34. The van der Waals surface area contributed by atoms with Crippen LogP contribution in [0.3, 0.4) is 0 Å². The smallest absolute Gasteiger partial charge is 0.368 e. The van der Waals surface area contributed by atoms with Gasteiger partial charge in [-0.15, -0.1) is 11.3 Å². The van der Waals surface area contributed by atoms with E-state index in [1.54, 1.807) is 47.4 Å². The molecule has 1 fully saturated rings. The molecule has 1 aromatic heterocycles. The number of carbonyl (C=O) groups is 2. The number of carbonyl (C=O) groups excluding carboxylic acids is 2. The third-order valence-corrected chi connectivity index (χ3v) is 6.09. The Bertz CT molecular complexity index is 1110. The molecule has 2 heterocycles. The van der Waals surface area contributed by atoms with Gasteiger partial charge in [-0.1, -0.05) is 18.2 Å². The molecule has 2 aromatic carbocycles. The fourth-order valence-corrected chi connectivity index (χ4v) is 4.18. The summed E-state index contributed by atoms with van der Waals surface area (Å²) in [4.78, 5) is 29.3. The number of piperazine rings is 1. The van der Waals surface area contributed by atoms with E-state index in [2.05, 4.69) is 5.32 Å². The van der Waals surface area contributed by atoms with Crippen molar-refractivity contribution in [3.05, 3.63) is 82.0 Å². The molecule has 0 radical (unpaired) electrons. The number of halogens is 3. The zero-order valence-corrected chi connectivity index (χ0v) is 17.7. The maximum Gasteiger partial charge on any atom is 0.416 e. The predicted octanol–water partition coefficient (Wildman–Crippen LogP) is 4.98. The summed E-state index contributed by atoms with van der Waals surface area (Å²) in [5, 5.41) is 4.60. The summed E-state index contributed by atoms with van der Waals surface area (Å²) in [6.45, 7) is 1.64. The highest BCUT2D eigenvalue weighted by Crippen LogP contribution is 2.32. The van der Waals surface area contributed by atoms with Crippen molar-refractivity contribution < 1.29 is 22.8 Å². The number of amides is 2. The van der Waals surface area contributed by atoms with Gasteiger partial charge in [0.25, 0.3) is 11.8 Å². The van der Waals surface area contributed by atoms with Gasteiger partial charge in [-0.3, -0.25) is 9.59 Å². The normalized spacial score (nSPS) is 14.3. The van der Waals surface area contributed by atoms with E-state index in [-0.39, 0.29) is 11.8 Å². The van der Waals surface area contributed by atoms with Crippen molar-refractivity contribution in [1.82, 2.24) is 4.90 Å². The van der Waals surface area contributed by atoms with Crippen LogP contribution in [0.4, 0.5) is 24.5 Å². The number of thiophene rings is 1. The van der Waals surface area contributed by atoms with E-state index in [0.29, 0.717) is 48.0 Å². The highest BCUT2D eigenvalue weighted by molar-refractivity contribution is 7.12. The molecule has 0 spiro atoms. The standard InChI is InChI=1S/C23H20F3N3O2S/c24-23(25,26)17-5-2-7-19(15-17)28-9-11-29(12-10-28)22(31)16-4-1-6-18(14-16)27-21(30)20-8-3-13-32-20/h1-8,13-15H,9-12H2,(H,27,30). The Kier molecular flexibility index (Phi) is 6.18. The van der Waals surface area contributed by atoms with Crippen molar-refractivity contribution in [3.63, 3.8) is 0 Å². The number of alkyl halides is 3. The van der Waals surface area contributed by atoms with Crippen LogP contribution in [0.2, 0.25) is 0 Å². The van der Waals surface area contributed by atoms with Gasteiger partial charge in [0.1, 0.15) is 0 Å². The average Bonchev–Trinajstić information content (AvgIpc) is 3.34. The molecule has 166 valence electrons. The van der Waals surface area contributed by atoms with Gasteiger partial charge in [0.2, 0.25) is 0 Å². The summed E-state index contributed by atoms with van der Waals surface area (Å²) < 4.78 is 39.0. The third-order valence-electron chi connectivity index (χ3n) is 5.22. The number of anilines is 2. The van der Waals surface area contributed by atoms with Crippen LogP contribution in [0.15, 0.2) is 66.0 Å². The first kappa shape index (κ1) is 21.9. The van der Waals surface area contributed by atoms with E-state index in [1.807, 2.05) is 10.3 Å². The quantitative estimate of drug-likeness (QED) is 0.599. The average molecular weight is 459 g/mol. The van der Waals surface area contributed by atoms with Crippen molar-refractivity contribution in [3.8, 4) is 0 Å². The van der Waals surface area contributed by atoms with Crippen LogP contribution in [-0.4, -0.2) is 42.9 Å². The molecule has 0 atom stereocenters. The first-order valence-corrected chi connectivity index (χ1v) is 10.9. The predicted molar refractivity (Wildman–Crippen MR) is 118 cm³/mol. The van der Waals surface area contributed by atoms with Crippen LogP contribution in [0.1, 0.15) is 25.6 Å². The maximum absolute atomic E-state index is 13.0. The van der Waals surface area contributed by atoms with Gasteiger partial charge in [0, 0.05) is 43.1 Å². The zero-order valence-electron chi connectivity index (χ0n) is 16.9. The molecule has 0 saturated carbocycles. The summed E-state index contributed by atoms with van der Waals surface area (Å²) in [6, 6.07) is 15.5. The number of benzene rings is 2. The van der Waals surface area contributed by atoms with Crippen molar-refractivity contribution in [2.45, 2.75) is 6.18 Å². The van der Waals surface area contributed by atoms with Gasteiger partial charge >= 0.3 is 6.18 Å². The molecule has 2 amide bonds. The van der Waals surface area contributed by atoms with E-state index in [0.717, 1.165) is 12.1 Å². The van der Waals surface area contributed by atoms with Gasteiger partial charge in [0.15, 0.2) is 0 Å². The van der Waals surface area contributed by atoms with Gasteiger partial charge in [0.05, 0.1) is 10.4 Å². The fourth-order valence-electron chi connectivity index (χ4n) is 3.56. The van der Waals surface area contributed by atoms with Crippen molar-refractivity contribution in [2.75, 3.05) is 36.4 Å². The van der Waals surface area contributed by atoms with Gasteiger partial charge in [-0.05, 0) is 47.8 Å². The summed E-state index contributed by atoms with van der Waals surface area (Å²) in [7, 11) is 0. The minimum Gasteiger partial charge on any atom is -0.368 e. The molecule has 1 aliphatic heterocycles.